The first kappa shape index (κ1) is 24.8. The van der Waals surface area contributed by atoms with Crippen molar-refractivity contribution in [2.45, 2.75) is 39.3 Å². The van der Waals surface area contributed by atoms with Gasteiger partial charge in [-0.1, -0.05) is 42.5 Å². The molecule has 1 N–H and O–H groups in total. The van der Waals surface area contributed by atoms with E-state index in [0.717, 1.165) is 46.3 Å². The number of hydrogen-bond acceptors (Lipinski definition) is 5. The summed E-state index contributed by atoms with van der Waals surface area (Å²) in [5.74, 6) is 0.506. The Balaban J connectivity index is 0.00000289. The summed E-state index contributed by atoms with van der Waals surface area (Å²) in [6.07, 6.45) is 1.56. The molecule has 0 aliphatic carbocycles. The lowest BCUT2D eigenvalue weighted by atomic mass is 9.96. The van der Waals surface area contributed by atoms with Crippen molar-refractivity contribution in [3.05, 3.63) is 71.8 Å². The molecule has 35 heavy (non-hydrogen) atoms. The lowest BCUT2D eigenvalue weighted by Crippen LogP contribution is -2.35. The quantitative estimate of drug-likeness (QED) is 0.341. The number of aliphatic carboxylic acids is 1. The highest BCUT2D eigenvalue weighted by atomic mass is 32.1. The monoisotopic (exact) mass is 490 g/mol. The van der Waals surface area contributed by atoms with Gasteiger partial charge >= 0.3 is 5.97 Å². The minimum atomic E-state index is -0.769. The summed E-state index contributed by atoms with van der Waals surface area (Å²) in [5, 5.41) is 9.57. The number of carbonyl (C=O) groups is 1. The van der Waals surface area contributed by atoms with Crippen molar-refractivity contribution in [3.8, 4) is 28.3 Å². The summed E-state index contributed by atoms with van der Waals surface area (Å²) in [4.78, 5) is 18.5. The summed E-state index contributed by atoms with van der Waals surface area (Å²) >= 11 is 0. The molecule has 182 valence electrons. The number of carboxylic acid groups (broad SMARTS) is 1. The number of fused-ring (bicyclic) bond motifs is 1. The van der Waals surface area contributed by atoms with Crippen LogP contribution in [-0.2, 0) is 11.3 Å². The lowest BCUT2D eigenvalue weighted by molar-refractivity contribution is -0.142. The smallest absolute Gasteiger partial charge is 0.320 e. The second kappa shape index (κ2) is 10.5. The second-order valence-electron chi connectivity index (χ2n) is 8.69. The van der Waals surface area contributed by atoms with E-state index in [4.69, 9.17) is 14.1 Å². The van der Waals surface area contributed by atoms with Crippen molar-refractivity contribution in [1.82, 2.24) is 9.88 Å². The van der Waals surface area contributed by atoms with Gasteiger partial charge in [-0.15, -0.1) is 0 Å². The van der Waals surface area contributed by atoms with Crippen molar-refractivity contribution >= 4 is 30.6 Å². The topological polar surface area (TPSA) is 75.8 Å². The van der Waals surface area contributed by atoms with Gasteiger partial charge in [0.2, 0.25) is 5.89 Å². The fourth-order valence-corrected chi connectivity index (χ4v) is 4.84. The average Bonchev–Trinajstić information content (AvgIpc) is 3.47. The summed E-state index contributed by atoms with van der Waals surface area (Å²) in [5.41, 5.74) is 6.67. The van der Waals surface area contributed by atoms with Crippen LogP contribution < -0.4 is 4.74 Å². The zero-order valence-corrected chi connectivity index (χ0v) is 21.0. The summed E-state index contributed by atoms with van der Waals surface area (Å²) in [7, 11) is 0. The Morgan fingerprint density at radius 2 is 1.91 bits per heavy atom. The maximum atomic E-state index is 11.6. The van der Waals surface area contributed by atoms with E-state index in [-0.39, 0.29) is 13.5 Å². The highest BCUT2D eigenvalue weighted by molar-refractivity contribution is 7.59. The molecule has 0 unspecified atom stereocenters. The Bertz CT molecular complexity index is 1340. The molecule has 0 spiro atoms. The van der Waals surface area contributed by atoms with E-state index in [9.17, 15) is 9.90 Å². The van der Waals surface area contributed by atoms with Gasteiger partial charge in [-0.25, -0.2) is 4.98 Å². The van der Waals surface area contributed by atoms with Crippen LogP contribution in [0.2, 0.25) is 0 Å². The largest absolute Gasteiger partial charge is 0.493 e. The fourth-order valence-electron chi connectivity index (χ4n) is 4.84. The van der Waals surface area contributed by atoms with Crippen molar-refractivity contribution in [3.63, 3.8) is 0 Å². The predicted molar refractivity (Wildman–Crippen MR) is 142 cm³/mol. The van der Waals surface area contributed by atoms with Gasteiger partial charge in [-0.05, 0) is 62.1 Å². The number of aromatic nitrogens is 1. The maximum Gasteiger partial charge on any atom is 0.320 e. The van der Waals surface area contributed by atoms with Crippen LogP contribution in [0.25, 0.3) is 33.7 Å². The van der Waals surface area contributed by atoms with E-state index in [0.29, 0.717) is 36.8 Å². The van der Waals surface area contributed by atoms with E-state index in [2.05, 4.69) is 25.1 Å². The van der Waals surface area contributed by atoms with Gasteiger partial charge in [0.05, 0.1) is 6.61 Å². The van der Waals surface area contributed by atoms with Crippen molar-refractivity contribution in [1.29, 1.82) is 0 Å². The van der Waals surface area contributed by atoms with Gasteiger partial charge in [0, 0.05) is 23.7 Å². The van der Waals surface area contributed by atoms with Crippen LogP contribution in [0.4, 0.5) is 0 Å². The fraction of sp³-hybridized carbons (Fsp3) is 0.286. The number of rotatable bonds is 7. The molecule has 3 aromatic carbocycles. The average molecular weight is 491 g/mol. The molecule has 1 saturated heterocycles. The Labute approximate surface area is 212 Å². The Hall–Kier alpha value is -3.29. The van der Waals surface area contributed by atoms with E-state index >= 15 is 0 Å². The number of likely N-dealkylation sites (tertiary alicyclic amines) is 1. The molecule has 0 saturated carbocycles. The summed E-state index contributed by atoms with van der Waals surface area (Å²) < 4.78 is 12.1. The van der Waals surface area contributed by atoms with Crippen LogP contribution in [-0.4, -0.2) is 40.2 Å². The SMILES string of the molecule is CCOc1cc2oc(-c3cccc(-c4ccccc4)c3C)nc2cc1CN1CCC[C@H]1C(=O)O.S. The number of ether oxygens (including phenoxy) is 1. The van der Waals surface area contributed by atoms with Crippen molar-refractivity contribution in [2.24, 2.45) is 0 Å². The lowest BCUT2D eigenvalue weighted by Gasteiger charge is -2.22. The van der Waals surface area contributed by atoms with Gasteiger partial charge in [-0.3, -0.25) is 9.69 Å². The molecule has 1 aliphatic heterocycles. The third-order valence-electron chi connectivity index (χ3n) is 6.54. The zero-order valence-electron chi connectivity index (χ0n) is 20.0. The number of oxazole rings is 1. The van der Waals surface area contributed by atoms with Crippen molar-refractivity contribution in [2.75, 3.05) is 13.2 Å². The molecule has 5 rings (SSSR count). The third-order valence-corrected chi connectivity index (χ3v) is 6.54. The first-order valence-electron chi connectivity index (χ1n) is 11.7. The number of hydrogen-bond donors (Lipinski definition) is 1. The van der Waals surface area contributed by atoms with Crippen LogP contribution in [0.5, 0.6) is 5.75 Å². The molecule has 1 aliphatic rings. The van der Waals surface area contributed by atoms with E-state index < -0.39 is 12.0 Å². The maximum absolute atomic E-state index is 11.6. The van der Waals surface area contributed by atoms with Crippen LogP contribution in [0, 0.1) is 6.92 Å². The Kier molecular flexibility index (Phi) is 7.48. The highest BCUT2D eigenvalue weighted by Gasteiger charge is 2.31. The molecular formula is C28H30N2O4S. The molecule has 7 heteroatoms. The van der Waals surface area contributed by atoms with E-state index in [1.165, 1.54) is 0 Å². The van der Waals surface area contributed by atoms with Gasteiger partial charge in [0.25, 0.3) is 0 Å². The number of benzene rings is 3. The number of nitrogens with zero attached hydrogens (tertiary/aromatic N) is 2. The molecule has 0 amide bonds. The molecule has 1 aromatic heterocycles. The van der Waals surface area contributed by atoms with Gasteiger partial charge in [0.15, 0.2) is 5.58 Å². The minimum Gasteiger partial charge on any atom is -0.493 e. The van der Waals surface area contributed by atoms with E-state index in [1.54, 1.807) is 0 Å². The minimum absolute atomic E-state index is 0. The molecular weight excluding hydrogens is 460 g/mol. The molecule has 4 aromatic rings. The van der Waals surface area contributed by atoms with E-state index in [1.807, 2.05) is 54.3 Å². The molecule has 1 fully saturated rings. The Morgan fingerprint density at radius 3 is 2.66 bits per heavy atom. The van der Waals surface area contributed by atoms with Crippen LogP contribution in [0.3, 0.4) is 0 Å². The highest BCUT2D eigenvalue weighted by Crippen LogP contribution is 2.35. The first-order chi connectivity index (χ1) is 16.5. The summed E-state index contributed by atoms with van der Waals surface area (Å²) in [6, 6.07) is 19.8. The van der Waals surface area contributed by atoms with Crippen LogP contribution in [0.1, 0.15) is 30.9 Å². The zero-order chi connectivity index (χ0) is 23.7. The van der Waals surface area contributed by atoms with Crippen molar-refractivity contribution < 1.29 is 19.1 Å². The van der Waals surface area contributed by atoms with Crippen LogP contribution >= 0.6 is 13.5 Å². The van der Waals surface area contributed by atoms with Gasteiger partial charge in [0.1, 0.15) is 17.3 Å². The van der Waals surface area contributed by atoms with Gasteiger partial charge in [-0.2, -0.15) is 13.5 Å². The Morgan fingerprint density at radius 1 is 1.14 bits per heavy atom. The number of carboxylic acids is 1. The molecule has 6 nitrogen and oxygen atoms in total. The van der Waals surface area contributed by atoms with Crippen LogP contribution in [0.15, 0.2) is 65.1 Å². The second-order valence-corrected chi connectivity index (χ2v) is 8.69. The first-order valence-corrected chi connectivity index (χ1v) is 11.7. The predicted octanol–water partition coefficient (Wildman–Crippen LogP) is 6.03. The third kappa shape index (κ3) is 4.92. The molecule has 2 heterocycles. The molecule has 0 bridgehead atoms. The summed E-state index contributed by atoms with van der Waals surface area (Å²) in [6.45, 7) is 5.81. The normalized spacial score (nSPS) is 15.8. The molecule has 0 radical (unpaired) electrons. The molecule has 1 atom stereocenters. The standard InChI is InChI=1S/C28H28N2O4.H2S/c1-3-33-25-16-26-23(15-20(25)17-30-14-8-13-24(30)28(31)32)29-27(34-26)22-12-7-11-21(18(22)2)19-9-5-4-6-10-19;/h4-7,9-12,15-16,24H,3,8,13-14,17H2,1-2H3,(H,31,32);1H2/t24-;/m0./s1. The van der Waals surface area contributed by atoms with Gasteiger partial charge < -0.3 is 14.3 Å².